The lowest BCUT2D eigenvalue weighted by Crippen LogP contribution is -2.40. The van der Waals surface area contributed by atoms with Crippen LogP contribution in [-0.2, 0) is 11.3 Å². The third kappa shape index (κ3) is 3.93. The molecule has 1 N–H and O–H groups in total. The van der Waals surface area contributed by atoms with E-state index in [9.17, 15) is 18.4 Å². The molecule has 28 heavy (non-hydrogen) atoms. The lowest BCUT2D eigenvalue weighted by Gasteiger charge is -2.18. The second kappa shape index (κ2) is 7.88. The molecule has 0 radical (unpaired) electrons. The van der Waals surface area contributed by atoms with Crippen molar-refractivity contribution in [3.05, 3.63) is 64.5 Å². The number of benzene rings is 2. The van der Waals surface area contributed by atoms with Crippen molar-refractivity contribution in [2.75, 3.05) is 0 Å². The van der Waals surface area contributed by atoms with E-state index in [0.717, 1.165) is 16.8 Å². The number of hydrogen-bond donors (Lipinski definition) is 1. The zero-order valence-electron chi connectivity index (χ0n) is 15.9. The van der Waals surface area contributed by atoms with Crippen molar-refractivity contribution in [3.8, 4) is 11.3 Å². The fraction of sp³-hybridized carbons (Fsp3) is 0.286. The minimum absolute atomic E-state index is 0.0608. The molecule has 0 aliphatic rings. The molecular weight excluding hydrogens is 364 g/mol. The predicted octanol–water partition coefficient (Wildman–Crippen LogP) is 3.50. The van der Waals surface area contributed by atoms with Crippen LogP contribution in [0.5, 0.6) is 0 Å². The van der Waals surface area contributed by atoms with Gasteiger partial charge in [0.2, 0.25) is 5.91 Å². The van der Waals surface area contributed by atoms with E-state index in [1.54, 1.807) is 24.3 Å². The first-order chi connectivity index (χ1) is 13.3. The molecule has 1 atom stereocenters. The molecule has 0 saturated carbocycles. The van der Waals surface area contributed by atoms with Crippen LogP contribution in [-0.4, -0.2) is 21.7 Å². The van der Waals surface area contributed by atoms with Crippen LogP contribution in [0.3, 0.4) is 0 Å². The standard InChI is InChI=1S/C21H21F2N3O2/c1-12(2)13(3)24-19(27)11-26-21(28)16-7-5-4-6-15(16)20(25-26)14-8-9-17(22)18(23)10-14/h4-10,12-13H,11H2,1-3H3,(H,24,27). The summed E-state index contributed by atoms with van der Waals surface area (Å²) in [6.07, 6.45) is 0. The van der Waals surface area contributed by atoms with Crippen molar-refractivity contribution in [2.45, 2.75) is 33.4 Å². The predicted molar refractivity (Wildman–Crippen MR) is 104 cm³/mol. The average Bonchev–Trinajstić information content (AvgIpc) is 2.66. The van der Waals surface area contributed by atoms with Crippen molar-refractivity contribution in [3.63, 3.8) is 0 Å². The van der Waals surface area contributed by atoms with Crippen molar-refractivity contribution >= 4 is 16.7 Å². The molecular formula is C21H21F2N3O2. The molecule has 1 heterocycles. The quantitative estimate of drug-likeness (QED) is 0.731. The number of rotatable bonds is 5. The van der Waals surface area contributed by atoms with Crippen molar-refractivity contribution in [1.29, 1.82) is 0 Å². The first kappa shape index (κ1) is 19.7. The Balaban J connectivity index is 2.09. The molecule has 5 nitrogen and oxygen atoms in total. The zero-order valence-corrected chi connectivity index (χ0v) is 15.9. The normalized spacial score (nSPS) is 12.4. The molecule has 7 heteroatoms. The molecule has 0 spiro atoms. The van der Waals surface area contributed by atoms with Crippen molar-refractivity contribution in [2.24, 2.45) is 5.92 Å². The lowest BCUT2D eigenvalue weighted by atomic mass is 10.0. The third-order valence-electron chi connectivity index (χ3n) is 4.74. The van der Waals surface area contributed by atoms with Gasteiger partial charge in [0.15, 0.2) is 11.6 Å². The maximum absolute atomic E-state index is 13.7. The highest BCUT2D eigenvalue weighted by atomic mass is 19.2. The minimum Gasteiger partial charge on any atom is -0.352 e. The van der Waals surface area contributed by atoms with E-state index in [1.807, 2.05) is 20.8 Å². The topological polar surface area (TPSA) is 64.0 Å². The summed E-state index contributed by atoms with van der Waals surface area (Å²) in [6, 6.07) is 10.1. The van der Waals surface area contributed by atoms with Crippen LogP contribution < -0.4 is 10.9 Å². The van der Waals surface area contributed by atoms with Crippen LogP contribution in [0.25, 0.3) is 22.0 Å². The molecule has 0 aliphatic carbocycles. The highest BCUT2D eigenvalue weighted by Gasteiger charge is 2.17. The fourth-order valence-corrected chi connectivity index (χ4v) is 2.80. The smallest absolute Gasteiger partial charge is 0.275 e. The summed E-state index contributed by atoms with van der Waals surface area (Å²) in [5.41, 5.74) is 0.202. The molecule has 2 aromatic carbocycles. The summed E-state index contributed by atoms with van der Waals surface area (Å²) in [6.45, 7) is 5.57. The average molecular weight is 385 g/mol. The summed E-state index contributed by atoms with van der Waals surface area (Å²) in [7, 11) is 0. The Morgan fingerprint density at radius 1 is 1.07 bits per heavy atom. The summed E-state index contributed by atoms with van der Waals surface area (Å²) < 4.78 is 28.1. The highest BCUT2D eigenvalue weighted by molar-refractivity contribution is 5.93. The van der Waals surface area contributed by atoms with E-state index in [4.69, 9.17) is 0 Å². The molecule has 3 rings (SSSR count). The van der Waals surface area contributed by atoms with E-state index >= 15 is 0 Å². The van der Waals surface area contributed by atoms with Crippen LogP contribution in [0.2, 0.25) is 0 Å². The summed E-state index contributed by atoms with van der Waals surface area (Å²) in [5, 5.41) is 7.97. The summed E-state index contributed by atoms with van der Waals surface area (Å²) >= 11 is 0. The van der Waals surface area contributed by atoms with Crippen LogP contribution in [0.15, 0.2) is 47.3 Å². The van der Waals surface area contributed by atoms with Gasteiger partial charge in [0.05, 0.1) is 11.1 Å². The Labute approximate surface area is 161 Å². The number of carbonyl (C=O) groups excluding carboxylic acids is 1. The van der Waals surface area contributed by atoms with Gasteiger partial charge >= 0.3 is 0 Å². The van der Waals surface area contributed by atoms with E-state index in [2.05, 4.69) is 10.4 Å². The molecule has 3 aromatic rings. The monoisotopic (exact) mass is 385 g/mol. The Morgan fingerprint density at radius 2 is 1.75 bits per heavy atom. The SMILES string of the molecule is CC(C)C(C)NC(=O)Cn1nc(-c2ccc(F)c(F)c2)c2ccccc2c1=O. The van der Waals surface area contributed by atoms with E-state index in [0.29, 0.717) is 22.0 Å². The molecule has 0 aliphatic heterocycles. The Kier molecular flexibility index (Phi) is 5.53. The molecule has 1 aromatic heterocycles. The van der Waals surface area contributed by atoms with Gasteiger partial charge in [-0.25, -0.2) is 13.5 Å². The van der Waals surface area contributed by atoms with Crippen molar-refractivity contribution < 1.29 is 13.6 Å². The second-order valence-electron chi connectivity index (χ2n) is 7.09. The van der Waals surface area contributed by atoms with Crippen LogP contribution in [0.4, 0.5) is 8.78 Å². The zero-order chi connectivity index (χ0) is 20.4. The Morgan fingerprint density at radius 3 is 2.39 bits per heavy atom. The maximum atomic E-state index is 13.7. The van der Waals surface area contributed by atoms with Gasteiger partial charge in [-0.1, -0.05) is 32.0 Å². The molecule has 0 saturated heterocycles. The van der Waals surface area contributed by atoms with Gasteiger partial charge in [-0.15, -0.1) is 0 Å². The van der Waals surface area contributed by atoms with Crippen molar-refractivity contribution in [1.82, 2.24) is 15.1 Å². The van der Waals surface area contributed by atoms with Crippen LogP contribution >= 0.6 is 0 Å². The highest BCUT2D eigenvalue weighted by Crippen LogP contribution is 2.25. The number of nitrogens with zero attached hydrogens (tertiary/aromatic N) is 2. The van der Waals surface area contributed by atoms with Gasteiger partial charge in [-0.2, -0.15) is 5.10 Å². The summed E-state index contributed by atoms with van der Waals surface area (Å²) in [4.78, 5) is 25.1. The van der Waals surface area contributed by atoms with E-state index < -0.39 is 17.2 Å². The van der Waals surface area contributed by atoms with Gasteiger partial charge in [-0.05, 0) is 37.1 Å². The van der Waals surface area contributed by atoms with Gasteiger partial charge in [0.25, 0.3) is 5.56 Å². The number of carbonyl (C=O) groups is 1. The van der Waals surface area contributed by atoms with Gasteiger partial charge < -0.3 is 5.32 Å². The molecule has 1 amide bonds. The molecule has 1 unspecified atom stereocenters. The minimum atomic E-state index is -1.01. The van der Waals surface area contributed by atoms with Gasteiger partial charge in [-0.3, -0.25) is 9.59 Å². The van der Waals surface area contributed by atoms with Crippen LogP contribution in [0.1, 0.15) is 20.8 Å². The molecule has 146 valence electrons. The maximum Gasteiger partial charge on any atom is 0.275 e. The van der Waals surface area contributed by atoms with Gasteiger partial charge in [0.1, 0.15) is 6.54 Å². The first-order valence-electron chi connectivity index (χ1n) is 9.02. The second-order valence-corrected chi connectivity index (χ2v) is 7.09. The van der Waals surface area contributed by atoms with Crippen LogP contribution in [0, 0.1) is 17.6 Å². The van der Waals surface area contributed by atoms with E-state index in [1.165, 1.54) is 6.07 Å². The number of fused-ring (bicyclic) bond motifs is 1. The third-order valence-corrected chi connectivity index (χ3v) is 4.74. The number of hydrogen-bond acceptors (Lipinski definition) is 3. The Bertz CT molecular complexity index is 1090. The largest absolute Gasteiger partial charge is 0.352 e. The Hall–Kier alpha value is -3.09. The molecule has 0 bridgehead atoms. The van der Waals surface area contributed by atoms with Gasteiger partial charge in [0, 0.05) is 17.0 Å². The first-order valence-corrected chi connectivity index (χ1v) is 9.02. The number of aromatic nitrogens is 2. The summed E-state index contributed by atoms with van der Waals surface area (Å²) in [5.74, 6) is -2.08. The number of amides is 1. The fourth-order valence-electron chi connectivity index (χ4n) is 2.80. The molecule has 0 fully saturated rings. The lowest BCUT2D eigenvalue weighted by molar-refractivity contribution is -0.122. The number of halogens is 2. The number of nitrogens with one attached hydrogen (secondary N) is 1. The van der Waals surface area contributed by atoms with E-state index in [-0.39, 0.29) is 24.4 Å².